The van der Waals surface area contributed by atoms with Crippen molar-refractivity contribution in [1.29, 1.82) is 0 Å². The van der Waals surface area contributed by atoms with Gasteiger partial charge in [0.15, 0.2) is 5.69 Å². The zero-order valence-electron chi connectivity index (χ0n) is 15.9. The molecule has 144 valence electrons. The highest BCUT2D eigenvalue weighted by Crippen LogP contribution is 2.15. The van der Waals surface area contributed by atoms with E-state index in [1.165, 1.54) is 11.3 Å². The van der Waals surface area contributed by atoms with Gasteiger partial charge in [0.25, 0.3) is 0 Å². The van der Waals surface area contributed by atoms with Crippen LogP contribution in [0.5, 0.6) is 0 Å². The number of unbranched alkanes of at least 4 members (excludes halogenated alkanes) is 2. The summed E-state index contributed by atoms with van der Waals surface area (Å²) in [6, 6.07) is 9.74. The van der Waals surface area contributed by atoms with Crippen LogP contribution in [0.25, 0.3) is 6.08 Å². The molecular weight excluding hydrogens is 360 g/mol. The van der Waals surface area contributed by atoms with Gasteiger partial charge < -0.3 is 9.64 Å². The molecule has 27 heavy (non-hydrogen) atoms. The van der Waals surface area contributed by atoms with Gasteiger partial charge in [-0.3, -0.25) is 4.79 Å². The van der Waals surface area contributed by atoms with Crippen LogP contribution in [0, 0.1) is 0 Å². The standard InChI is InChI=1S/C21H26N2O3S/c1-3-5-9-14-23(20(24)13-12-17-10-7-6-8-11-17)15-19-22-18(16-27-19)21(25)26-4-2/h6-8,10-13,16H,3-5,9,14-15H2,1-2H3. The number of esters is 1. The number of aromatic nitrogens is 1. The Bertz CT molecular complexity index is 756. The van der Waals surface area contributed by atoms with Gasteiger partial charge in [-0.2, -0.15) is 0 Å². The summed E-state index contributed by atoms with van der Waals surface area (Å²) < 4.78 is 4.97. The molecule has 0 unspecified atom stereocenters. The van der Waals surface area contributed by atoms with E-state index in [4.69, 9.17) is 4.74 Å². The van der Waals surface area contributed by atoms with Crippen molar-refractivity contribution in [2.45, 2.75) is 39.7 Å². The van der Waals surface area contributed by atoms with Gasteiger partial charge in [0.05, 0.1) is 13.2 Å². The first-order chi connectivity index (χ1) is 13.1. The second kappa shape index (κ2) is 11.3. The van der Waals surface area contributed by atoms with E-state index < -0.39 is 5.97 Å². The number of hydrogen-bond donors (Lipinski definition) is 0. The predicted octanol–water partition coefficient (Wildman–Crippen LogP) is 4.55. The fourth-order valence-corrected chi connectivity index (χ4v) is 3.28. The number of carbonyl (C=O) groups is 2. The topological polar surface area (TPSA) is 59.5 Å². The van der Waals surface area contributed by atoms with E-state index in [-0.39, 0.29) is 5.91 Å². The maximum Gasteiger partial charge on any atom is 0.357 e. The van der Waals surface area contributed by atoms with Crippen LogP contribution in [0.4, 0.5) is 0 Å². The average Bonchev–Trinajstić information content (AvgIpc) is 3.15. The summed E-state index contributed by atoms with van der Waals surface area (Å²) in [5.41, 5.74) is 1.29. The molecular formula is C21H26N2O3S. The normalized spacial score (nSPS) is 10.9. The van der Waals surface area contributed by atoms with Crippen molar-refractivity contribution < 1.29 is 14.3 Å². The Balaban J connectivity index is 2.05. The van der Waals surface area contributed by atoms with E-state index in [0.29, 0.717) is 25.4 Å². The van der Waals surface area contributed by atoms with Gasteiger partial charge in [-0.15, -0.1) is 11.3 Å². The van der Waals surface area contributed by atoms with Crippen LogP contribution >= 0.6 is 11.3 Å². The fraction of sp³-hybridized carbons (Fsp3) is 0.381. The zero-order valence-corrected chi connectivity index (χ0v) is 16.7. The highest BCUT2D eigenvalue weighted by atomic mass is 32.1. The maximum atomic E-state index is 12.7. The van der Waals surface area contributed by atoms with Crippen molar-refractivity contribution >= 4 is 29.3 Å². The Hall–Kier alpha value is -2.47. The van der Waals surface area contributed by atoms with Gasteiger partial charge >= 0.3 is 5.97 Å². The van der Waals surface area contributed by atoms with Crippen molar-refractivity contribution in [2.24, 2.45) is 0 Å². The number of ether oxygens (including phenoxy) is 1. The minimum absolute atomic E-state index is 0.0529. The second-order valence-electron chi connectivity index (χ2n) is 6.06. The van der Waals surface area contributed by atoms with E-state index in [0.717, 1.165) is 29.8 Å². The van der Waals surface area contributed by atoms with Crippen LogP contribution < -0.4 is 0 Å². The number of hydrogen-bond acceptors (Lipinski definition) is 5. The van der Waals surface area contributed by atoms with Gasteiger partial charge in [0.2, 0.25) is 5.91 Å². The Morgan fingerprint density at radius 3 is 2.67 bits per heavy atom. The molecule has 1 aromatic carbocycles. The van der Waals surface area contributed by atoms with E-state index in [2.05, 4.69) is 11.9 Å². The van der Waals surface area contributed by atoms with Crippen LogP contribution in [0.1, 0.15) is 54.2 Å². The lowest BCUT2D eigenvalue weighted by Crippen LogP contribution is -2.30. The fourth-order valence-electron chi connectivity index (χ4n) is 2.50. The molecule has 0 aliphatic heterocycles. The number of thiazole rings is 1. The first-order valence-corrected chi connectivity index (χ1v) is 10.2. The summed E-state index contributed by atoms with van der Waals surface area (Å²) in [7, 11) is 0. The Labute approximate surface area is 164 Å². The van der Waals surface area contributed by atoms with Crippen LogP contribution in [0.15, 0.2) is 41.8 Å². The van der Waals surface area contributed by atoms with Crippen molar-refractivity contribution in [1.82, 2.24) is 9.88 Å². The van der Waals surface area contributed by atoms with E-state index in [1.807, 2.05) is 36.4 Å². The van der Waals surface area contributed by atoms with E-state index in [9.17, 15) is 9.59 Å². The molecule has 0 N–H and O–H groups in total. The molecule has 0 aliphatic carbocycles. The quantitative estimate of drug-likeness (QED) is 0.341. The molecule has 1 aromatic heterocycles. The molecule has 0 radical (unpaired) electrons. The molecule has 2 aromatic rings. The lowest BCUT2D eigenvalue weighted by Gasteiger charge is -2.20. The first-order valence-electron chi connectivity index (χ1n) is 9.27. The predicted molar refractivity (Wildman–Crippen MR) is 108 cm³/mol. The Morgan fingerprint density at radius 2 is 1.96 bits per heavy atom. The molecule has 6 heteroatoms. The summed E-state index contributed by atoms with van der Waals surface area (Å²) in [6.07, 6.45) is 6.52. The summed E-state index contributed by atoms with van der Waals surface area (Å²) >= 11 is 1.37. The largest absolute Gasteiger partial charge is 0.461 e. The van der Waals surface area contributed by atoms with Gasteiger partial charge in [-0.25, -0.2) is 9.78 Å². The minimum Gasteiger partial charge on any atom is -0.461 e. The number of nitrogens with zero attached hydrogens (tertiary/aromatic N) is 2. The number of amides is 1. The van der Waals surface area contributed by atoms with Crippen molar-refractivity contribution in [3.63, 3.8) is 0 Å². The molecule has 0 fully saturated rings. The summed E-state index contributed by atoms with van der Waals surface area (Å²) in [4.78, 5) is 30.6. The monoisotopic (exact) mass is 386 g/mol. The van der Waals surface area contributed by atoms with Gasteiger partial charge in [0, 0.05) is 18.0 Å². The maximum absolute atomic E-state index is 12.7. The highest BCUT2D eigenvalue weighted by Gasteiger charge is 2.16. The summed E-state index contributed by atoms with van der Waals surface area (Å²) in [6.45, 7) is 5.27. The van der Waals surface area contributed by atoms with Crippen LogP contribution in [-0.2, 0) is 16.1 Å². The van der Waals surface area contributed by atoms with Gasteiger partial charge in [-0.05, 0) is 25.0 Å². The van der Waals surface area contributed by atoms with Crippen molar-refractivity contribution in [3.05, 3.63) is 58.1 Å². The lowest BCUT2D eigenvalue weighted by molar-refractivity contribution is -0.126. The molecule has 5 nitrogen and oxygen atoms in total. The average molecular weight is 387 g/mol. The minimum atomic E-state index is -0.423. The second-order valence-corrected chi connectivity index (χ2v) is 7.00. The molecule has 0 bridgehead atoms. The third kappa shape index (κ3) is 6.98. The number of carbonyl (C=O) groups excluding carboxylic acids is 2. The smallest absolute Gasteiger partial charge is 0.357 e. The third-order valence-corrected chi connectivity index (χ3v) is 4.76. The molecule has 2 rings (SSSR count). The summed E-state index contributed by atoms with van der Waals surface area (Å²) in [5, 5.41) is 2.41. The first kappa shape index (κ1) is 20.8. The molecule has 1 heterocycles. The Morgan fingerprint density at radius 1 is 1.19 bits per heavy atom. The van der Waals surface area contributed by atoms with E-state index in [1.54, 1.807) is 23.3 Å². The van der Waals surface area contributed by atoms with Gasteiger partial charge in [0.1, 0.15) is 5.01 Å². The SMILES string of the molecule is CCCCCN(Cc1nc(C(=O)OCC)cs1)C(=O)C=Cc1ccccc1. The van der Waals surface area contributed by atoms with Gasteiger partial charge in [-0.1, -0.05) is 50.1 Å². The van der Waals surface area contributed by atoms with Crippen LogP contribution in [-0.4, -0.2) is 34.9 Å². The summed E-state index contributed by atoms with van der Waals surface area (Å²) in [5.74, 6) is -0.476. The molecule has 0 saturated carbocycles. The third-order valence-electron chi connectivity index (χ3n) is 3.92. The molecule has 0 atom stereocenters. The molecule has 0 spiro atoms. The number of benzene rings is 1. The Kier molecular flexibility index (Phi) is 8.71. The molecule has 1 amide bonds. The van der Waals surface area contributed by atoms with Crippen molar-refractivity contribution in [3.8, 4) is 0 Å². The number of rotatable bonds is 10. The highest BCUT2D eigenvalue weighted by molar-refractivity contribution is 7.09. The van der Waals surface area contributed by atoms with Crippen LogP contribution in [0.3, 0.4) is 0 Å². The molecule has 0 aliphatic rings. The molecule has 0 saturated heterocycles. The van der Waals surface area contributed by atoms with Crippen LogP contribution in [0.2, 0.25) is 0 Å². The van der Waals surface area contributed by atoms with Crippen molar-refractivity contribution in [2.75, 3.05) is 13.2 Å². The van der Waals surface area contributed by atoms with E-state index >= 15 is 0 Å². The zero-order chi connectivity index (χ0) is 19.5. The lowest BCUT2D eigenvalue weighted by atomic mass is 10.2.